The Morgan fingerprint density at radius 3 is 2.41 bits per heavy atom. The Balaban J connectivity index is 2.02. The van der Waals surface area contributed by atoms with Crippen LogP contribution < -0.4 is 10.1 Å². The van der Waals surface area contributed by atoms with Crippen LogP contribution >= 0.6 is 0 Å². The molecule has 1 unspecified atom stereocenters. The lowest BCUT2D eigenvalue weighted by molar-refractivity contribution is 0.0478. The van der Waals surface area contributed by atoms with Crippen LogP contribution in [0.15, 0.2) is 48.5 Å². The number of fused-ring (bicyclic) bond motifs is 1. The number of carbonyl (C=O) groups is 1. The van der Waals surface area contributed by atoms with Gasteiger partial charge in [0.15, 0.2) is 0 Å². The van der Waals surface area contributed by atoms with E-state index in [1.165, 1.54) is 0 Å². The Kier molecular flexibility index (Phi) is 6.04. The second kappa shape index (κ2) is 8.47. The van der Waals surface area contributed by atoms with Gasteiger partial charge in [0.05, 0.1) is 12.2 Å². The number of hydrogen-bond acceptors (Lipinski definition) is 3. The van der Waals surface area contributed by atoms with E-state index in [9.17, 15) is 4.79 Å². The van der Waals surface area contributed by atoms with Gasteiger partial charge in [0.1, 0.15) is 11.4 Å². The maximum absolute atomic E-state index is 13.3. The first-order valence-corrected chi connectivity index (χ1v) is 10.1. The van der Waals surface area contributed by atoms with Gasteiger partial charge in [-0.15, -0.1) is 0 Å². The molecule has 1 heterocycles. The summed E-state index contributed by atoms with van der Waals surface area (Å²) in [5.74, 6) is 0.973. The summed E-state index contributed by atoms with van der Waals surface area (Å²) in [7, 11) is 0. The SMILES string of the molecule is CCCCN1C(=O)c2ccccc2NC1(CC)c1ccc(OCCC)cc1. The van der Waals surface area contributed by atoms with Crippen molar-refractivity contribution in [2.45, 2.75) is 52.1 Å². The van der Waals surface area contributed by atoms with Gasteiger partial charge in [0.25, 0.3) is 5.91 Å². The van der Waals surface area contributed by atoms with Gasteiger partial charge in [0, 0.05) is 12.2 Å². The van der Waals surface area contributed by atoms with Crippen LogP contribution in [0, 0.1) is 0 Å². The summed E-state index contributed by atoms with van der Waals surface area (Å²) >= 11 is 0. The number of amides is 1. The number of rotatable bonds is 8. The van der Waals surface area contributed by atoms with Crippen molar-refractivity contribution in [1.82, 2.24) is 4.90 Å². The van der Waals surface area contributed by atoms with Gasteiger partial charge in [-0.25, -0.2) is 0 Å². The van der Waals surface area contributed by atoms with Crippen LogP contribution in [0.2, 0.25) is 0 Å². The van der Waals surface area contributed by atoms with Crippen LogP contribution in [-0.4, -0.2) is 24.0 Å². The average Bonchev–Trinajstić information content (AvgIpc) is 2.72. The van der Waals surface area contributed by atoms with Crippen molar-refractivity contribution >= 4 is 11.6 Å². The van der Waals surface area contributed by atoms with E-state index in [1.807, 2.05) is 41.3 Å². The Hall–Kier alpha value is -2.49. The van der Waals surface area contributed by atoms with Crippen molar-refractivity contribution in [2.75, 3.05) is 18.5 Å². The minimum Gasteiger partial charge on any atom is -0.494 e. The van der Waals surface area contributed by atoms with Gasteiger partial charge in [0.2, 0.25) is 0 Å². The lowest BCUT2D eigenvalue weighted by Crippen LogP contribution is -2.57. The summed E-state index contributed by atoms with van der Waals surface area (Å²) in [6.07, 6.45) is 3.80. The third kappa shape index (κ3) is 3.66. The normalized spacial score (nSPS) is 18.8. The van der Waals surface area contributed by atoms with Crippen molar-refractivity contribution in [1.29, 1.82) is 0 Å². The molecule has 0 spiro atoms. The second-order valence-corrected chi connectivity index (χ2v) is 7.07. The van der Waals surface area contributed by atoms with Crippen molar-refractivity contribution in [3.05, 3.63) is 59.7 Å². The van der Waals surface area contributed by atoms with E-state index in [1.54, 1.807) is 0 Å². The first kappa shape index (κ1) is 19.3. The summed E-state index contributed by atoms with van der Waals surface area (Å²) in [5, 5.41) is 3.69. The van der Waals surface area contributed by atoms with Crippen LogP contribution in [0.25, 0.3) is 0 Å². The third-order valence-corrected chi connectivity index (χ3v) is 5.26. The average molecular weight is 367 g/mol. The summed E-state index contributed by atoms with van der Waals surface area (Å²) in [4.78, 5) is 15.4. The van der Waals surface area contributed by atoms with E-state index < -0.39 is 5.66 Å². The minimum atomic E-state index is -0.538. The topological polar surface area (TPSA) is 41.6 Å². The molecule has 0 radical (unpaired) electrons. The van der Waals surface area contributed by atoms with Gasteiger partial charge in [-0.3, -0.25) is 4.79 Å². The standard InChI is InChI=1S/C23H30N2O2/c1-4-7-16-25-22(26)20-10-8-9-11-21(20)24-23(25,6-3)18-12-14-19(15-13-18)27-17-5-2/h8-15,24H,4-7,16-17H2,1-3H3. The highest BCUT2D eigenvalue weighted by Gasteiger charge is 2.44. The fourth-order valence-corrected chi connectivity index (χ4v) is 3.75. The molecule has 0 bridgehead atoms. The molecule has 27 heavy (non-hydrogen) atoms. The van der Waals surface area contributed by atoms with Crippen molar-refractivity contribution in [2.24, 2.45) is 0 Å². The van der Waals surface area contributed by atoms with Crippen LogP contribution in [0.5, 0.6) is 5.75 Å². The molecular formula is C23H30N2O2. The molecule has 4 nitrogen and oxygen atoms in total. The quantitative estimate of drug-likeness (QED) is 0.679. The molecule has 0 aromatic heterocycles. The van der Waals surface area contributed by atoms with Crippen LogP contribution in [-0.2, 0) is 5.66 Å². The molecule has 3 rings (SSSR count). The van der Waals surface area contributed by atoms with Crippen LogP contribution in [0.1, 0.15) is 62.4 Å². The minimum absolute atomic E-state index is 0.103. The van der Waals surface area contributed by atoms with E-state index in [0.29, 0.717) is 6.61 Å². The van der Waals surface area contributed by atoms with Crippen LogP contribution in [0.3, 0.4) is 0 Å². The summed E-state index contributed by atoms with van der Waals surface area (Å²) in [6.45, 7) is 7.84. The zero-order chi connectivity index (χ0) is 19.3. The Bertz CT molecular complexity index is 772. The van der Waals surface area contributed by atoms with Crippen molar-refractivity contribution in [3.8, 4) is 5.75 Å². The number of carbonyl (C=O) groups excluding carboxylic acids is 1. The lowest BCUT2D eigenvalue weighted by atomic mass is 9.89. The van der Waals surface area contributed by atoms with Gasteiger partial charge in [-0.05, 0) is 49.1 Å². The molecule has 2 aromatic carbocycles. The number of ether oxygens (including phenoxy) is 1. The van der Waals surface area contributed by atoms with Crippen molar-refractivity contribution in [3.63, 3.8) is 0 Å². The molecule has 0 aliphatic carbocycles. The maximum atomic E-state index is 13.3. The zero-order valence-corrected chi connectivity index (χ0v) is 16.6. The van der Waals surface area contributed by atoms with Gasteiger partial charge in [-0.2, -0.15) is 0 Å². The zero-order valence-electron chi connectivity index (χ0n) is 16.6. The summed E-state index contributed by atoms with van der Waals surface area (Å²) in [5.41, 5.74) is 2.21. The van der Waals surface area contributed by atoms with E-state index in [0.717, 1.165) is 54.8 Å². The second-order valence-electron chi connectivity index (χ2n) is 7.07. The molecule has 0 fully saturated rings. The molecule has 144 valence electrons. The maximum Gasteiger partial charge on any atom is 0.258 e. The molecule has 0 saturated heterocycles. The predicted octanol–water partition coefficient (Wildman–Crippen LogP) is 5.41. The number of nitrogens with one attached hydrogen (secondary N) is 1. The number of para-hydroxylation sites is 1. The number of unbranched alkanes of at least 4 members (excludes halogenated alkanes) is 1. The fourth-order valence-electron chi connectivity index (χ4n) is 3.75. The number of nitrogens with zero attached hydrogens (tertiary/aromatic N) is 1. The molecule has 1 aliphatic rings. The number of hydrogen-bond donors (Lipinski definition) is 1. The lowest BCUT2D eigenvalue weighted by Gasteiger charge is -2.48. The Morgan fingerprint density at radius 1 is 1.00 bits per heavy atom. The summed E-state index contributed by atoms with van der Waals surface area (Å²) < 4.78 is 5.73. The first-order chi connectivity index (χ1) is 13.2. The highest BCUT2D eigenvalue weighted by Crippen LogP contribution is 2.40. The van der Waals surface area contributed by atoms with Gasteiger partial charge < -0.3 is 15.0 Å². The largest absolute Gasteiger partial charge is 0.494 e. The smallest absolute Gasteiger partial charge is 0.258 e. The van der Waals surface area contributed by atoms with Gasteiger partial charge in [-0.1, -0.05) is 51.5 Å². The molecule has 1 aliphatic heterocycles. The Labute approximate surface area is 162 Å². The molecule has 1 atom stereocenters. The fraction of sp³-hybridized carbons (Fsp3) is 0.435. The Morgan fingerprint density at radius 2 is 1.74 bits per heavy atom. The first-order valence-electron chi connectivity index (χ1n) is 10.1. The van der Waals surface area contributed by atoms with Crippen molar-refractivity contribution < 1.29 is 9.53 Å². The highest BCUT2D eigenvalue weighted by atomic mass is 16.5. The molecule has 1 N–H and O–H groups in total. The van der Waals surface area contributed by atoms with Crippen LogP contribution in [0.4, 0.5) is 5.69 Å². The van der Waals surface area contributed by atoms with E-state index in [2.05, 4.69) is 38.2 Å². The summed E-state index contributed by atoms with van der Waals surface area (Å²) in [6, 6.07) is 16.0. The number of benzene rings is 2. The molecule has 1 amide bonds. The molecular weight excluding hydrogens is 336 g/mol. The predicted molar refractivity (Wildman–Crippen MR) is 110 cm³/mol. The monoisotopic (exact) mass is 366 g/mol. The highest BCUT2D eigenvalue weighted by molar-refractivity contribution is 6.02. The molecule has 0 saturated carbocycles. The van der Waals surface area contributed by atoms with Gasteiger partial charge >= 0.3 is 0 Å². The molecule has 2 aromatic rings. The molecule has 4 heteroatoms. The third-order valence-electron chi connectivity index (χ3n) is 5.26. The van der Waals surface area contributed by atoms with E-state index >= 15 is 0 Å². The van der Waals surface area contributed by atoms with E-state index in [4.69, 9.17) is 4.74 Å². The van der Waals surface area contributed by atoms with E-state index in [-0.39, 0.29) is 5.91 Å². The number of anilines is 1.